The molecule has 0 aliphatic heterocycles. The van der Waals surface area contributed by atoms with E-state index in [0.29, 0.717) is 13.1 Å². The van der Waals surface area contributed by atoms with Crippen LogP contribution in [0.3, 0.4) is 0 Å². The minimum atomic E-state index is -0.741. The van der Waals surface area contributed by atoms with Gasteiger partial charge in [0.25, 0.3) is 0 Å². The summed E-state index contributed by atoms with van der Waals surface area (Å²) >= 11 is 0. The first-order chi connectivity index (χ1) is 6.67. The SMILES string of the molecule is CCCN(CCC)C(=O)C(=O)OCC. The molecule has 0 rings (SSSR count). The number of hydrogen-bond donors (Lipinski definition) is 0. The summed E-state index contributed by atoms with van der Waals surface area (Å²) in [6.45, 7) is 7.12. The number of rotatable bonds is 5. The number of hydrogen-bond acceptors (Lipinski definition) is 3. The molecule has 0 aliphatic carbocycles. The van der Waals surface area contributed by atoms with E-state index in [1.165, 1.54) is 4.90 Å². The Kier molecular flexibility index (Phi) is 6.80. The standard InChI is InChI=1S/C10H19NO3/c1-4-7-11(8-5-2)9(12)10(13)14-6-3/h4-8H2,1-3H3. The van der Waals surface area contributed by atoms with Gasteiger partial charge in [0.15, 0.2) is 0 Å². The Balaban J connectivity index is 4.19. The van der Waals surface area contributed by atoms with Crippen LogP contribution >= 0.6 is 0 Å². The fraction of sp³-hybridized carbons (Fsp3) is 0.800. The summed E-state index contributed by atoms with van der Waals surface area (Å²) in [6.07, 6.45) is 1.70. The van der Waals surface area contributed by atoms with Gasteiger partial charge in [0.1, 0.15) is 0 Å². The van der Waals surface area contributed by atoms with Crippen molar-refractivity contribution in [2.75, 3.05) is 19.7 Å². The van der Waals surface area contributed by atoms with Crippen molar-refractivity contribution < 1.29 is 14.3 Å². The third kappa shape index (κ3) is 4.25. The van der Waals surface area contributed by atoms with Crippen molar-refractivity contribution in [3.63, 3.8) is 0 Å². The zero-order valence-corrected chi connectivity index (χ0v) is 9.21. The number of nitrogens with zero attached hydrogens (tertiary/aromatic N) is 1. The van der Waals surface area contributed by atoms with Crippen LogP contribution in [0.4, 0.5) is 0 Å². The molecular formula is C10H19NO3. The van der Waals surface area contributed by atoms with Crippen LogP contribution in [0.2, 0.25) is 0 Å². The van der Waals surface area contributed by atoms with E-state index in [4.69, 9.17) is 0 Å². The number of carbonyl (C=O) groups excluding carboxylic acids is 2. The van der Waals surface area contributed by atoms with Gasteiger partial charge in [0.05, 0.1) is 6.61 Å². The Morgan fingerprint density at radius 1 is 1.07 bits per heavy atom. The van der Waals surface area contributed by atoms with Gasteiger partial charge < -0.3 is 9.64 Å². The van der Waals surface area contributed by atoms with E-state index in [2.05, 4.69) is 4.74 Å². The summed E-state index contributed by atoms with van der Waals surface area (Å²) in [5.41, 5.74) is 0. The highest BCUT2D eigenvalue weighted by atomic mass is 16.5. The first-order valence-electron chi connectivity index (χ1n) is 5.13. The summed E-state index contributed by atoms with van der Waals surface area (Å²) in [5, 5.41) is 0. The lowest BCUT2D eigenvalue weighted by atomic mass is 10.3. The normalized spacial score (nSPS) is 9.64. The average molecular weight is 201 g/mol. The van der Waals surface area contributed by atoms with Gasteiger partial charge in [0.2, 0.25) is 0 Å². The molecule has 0 saturated carbocycles. The van der Waals surface area contributed by atoms with Gasteiger partial charge in [-0.15, -0.1) is 0 Å². The lowest BCUT2D eigenvalue weighted by Gasteiger charge is -2.19. The largest absolute Gasteiger partial charge is 0.459 e. The van der Waals surface area contributed by atoms with E-state index in [-0.39, 0.29) is 6.61 Å². The Bertz CT molecular complexity index is 186. The second-order valence-corrected chi connectivity index (χ2v) is 3.01. The number of amides is 1. The Morgan fingerprint density at radius 3 is 1.93 bits per heavy atom. The molecule has 1 amide bonds. The molecular weight excluding hydrogens is 182 g/mol. The quantitative estimate of drug-likeness (QED) is 0.496. The van der Waals surface area contributed by atoms with Gasteiger partial charge >= 0.3 is 11.9 Å². The van der Waals surface area contributed by atoms with Crippen LogP contribution in [-0.4, -0.2) is 36.5 Å². The van der Waals surface area contributed by atoms with E-state index in [0.717, 1.165) is 12.8 Å². The third-order valence-corrected chi connectivity index (χ3v) is 1.72. The zero-order chi connectivity index (χ0) is 11.0. The molecule has 0 atom stereocenters. The third-order valence-electron chi connectivity index (χ3n) is 1.72. The van der Waals surface area contributed by atoms with Crippen LogP contribution in [0.5, 0.6) is 0 Å². The van der Waals surface area contributed by atoms with Crippen molar-refractivity contribution in [1.29, 1.82) is 0 Å². The zero-order valence-electron chi connectivity index (χ0n) is 9.21. The molecule has 0 aromatic heterocycles. The van der Waals surface area contributed by atoms with Crippen LogP contribution in [0.25, 0.3) is 0 Å². The Labute approximate surface area is 85.2 Å². The Morgan fingerprint density at radius 2 is 1.57 bits per heavy atom. The van der Waals surface area contributed by atoms with E-state index in [1.807, 2.05) is 13.8 Å². The van der Waals surface area contributed by atoms with Gasteiger partial charge in [-0.25, -0.2) is 4.79 Å². The molecule has 4 heteroatoms. The lowest BCUT2D eigenvalue weighted by Crippen LogP contribution is -2.38. The van der Waals surface area contributed by atoms with Gasteiger partial charge in [-0.3, -0.25) is 4.79 Å². The summed E-state index contributed by atoms with van der Waals surface area (Å²) in [7, 11) is 0. The minimum absolute atomic E-state index is 0.247. The van der Waals surface area contributed by atoms with Crippen LogP contribution in [-0.2, 0) is 14.3 Å². The summed E-state index contributed by atoms with van der Waals surface area (Å²) in [6, 6.07) is 0. The highest BCUT2D eigenvalue weighted by molar-refractivity contribution is 6.32. The number of carbonyl (C=O) groups is 2. The predicted octanol–water partition coefficient (Wildman–Crippen LogP) is 1.20. The molecule has 0 aliphatic rings. The molecule has 0 fully saturated rings. The maximum Gasteiger partial charge on any atom is 0.397 e. The Hall–Kier alpha value is -1.06. The molecule has 0 radical (unpaired) electrons. The van der Waals surface area contributed by atoms with Crippen molar-refractivity contribution in [2.24, 2.45) is 0 Å². The summed E-state index contributed by atoms with van der Waals surface area (Å²) < 4.78 is 4.65. The van der Waals surface area contributed by atoms with Crippen molar-refractivity contribution in [1.82, 2.24) is 4.90 Å². The van der Waals surface area contributed by atoms with Gasteiger partial charge in [-0.05, 0) is 19.8 Å². The maximum absolute atomic E-state index is 11.5. The molecule has 82 valence electrons. The highest BCUT2D eigenvalue weighted by Gasteiger charge is 2.21. The van der Waals surface area contributed by atoms with Crippen LogP contribution < -0.4 is 0 Å². The van der Waals surface area contributed by atoms with E-state index < -0.39 is 11.9 Å². The first-order valence-corrected chi connectivity index (χ1v) is 5.13. The summed E-state index contributed by atoms with van der Waals surface area (Å²) in [5.74, 6) is -1.26. The van der Waals surface area contributed by atoms with Gasteiger partial charge in [-0.1, -0.05) is 13.8 Å². The molecule has 0 saturated heterocycles. The summed E-state index contributed by atoms with van der Waals surface area (Å²) in [4.78, 5) is 24.1. The maximum atomic E-state index is 11.5. The monoisotopic (exact) mass is 201 g/mol. The second-order valence-electron chi connectivity index (χ2n) is 3.01. The molecule has 0 bridgehead atoms. The number of ether oxygens (including phenoxy) is 1. The van der Waals surface area contributed by atoms with E-state index in [9.17, 15) is 9.59 Å². The predicted molar refractivity (Wildman–Crippen MR) is 53.8 cm³/mol. The molecule has 0 unspecified atom stereocenters. The smallest absolute Gasteiger partial charge is 0.397 e. The van der Waals surface area contributed by atoms with E-state index in [1.54, 1.807) is 6.92 Å². The topological polar surface area (TPSA) is 46.6 Å². The van der Waals surface area contributed by atoms with E-state index >= 15 is 0 Å². The van der Waals surface area contributed by atoms with Crippen LogP contribution in [0.15, 0.2) is 0 Å². The molecule has 0 aromatic carbocycles. The molecule has 0 spiro atoms. The fourth-order valence-electron chi connectivity index (χ4n) is 1.18. The highest BCUT2D eigenvalue weighted by Crippen LogP contribution is 1.97. The molecule has 0 aromatic rings. The van der Waals surface area contributed by atoms with Crippen molar-refractivity contribution in [3.8, 4) is 0 Å². The number of esters is 1. The molecule has 0 N–H and O–H groups in total. The molecule has 4 nitrogen and oxygen atoms in total. The van der Waals surface area contributed by atoms with Crippen molar-refractivity contribution in [2.45, 2.75) is 33.6 Å². The van der Waals surface area contributed by atoms with Crippen LogP contribution in [0, 0.1) is 0 Å². The fourth-order valence-corrected chi connectivity index (χ4v) is 1.18. The lowest BCUT2D eigenvalue weighted by molar-refractivity contribution is -0.159. The van der Waals surface area contributed by atoms with Crippen molar-refractivity contribution in [3.05, 3.63) is 0 Å². The van der Waals surface area contributed by atoms with Crippen molar-refractivity contribution >= 4 is 11.9 Å². The molecule has 0 heterocycles. The van der Waals surface area contributed by atoms with Gasteiger partial charge in [0, 0.05) is 13.1 Å². The molecule has 14 heavy (non-hydrogen) atoms. The second kappa shape index (κ2) is 7.35. The van der Waals surface area contributed by atoms with Crippen LogP contribution in [0.1, 0.15) is 33.6 Å². The minimum Gasteiger partial charge on any atom is -0.459 e. The first kappa shape index (κ1) is 12.9. The average Bonchev–Trinajstić information content (AvgIpc) is 2.17. The van der Waals surface area contributed by atoms with Gasteiger partial charge in [-0.2, -0.15) is 0 Å².